The van der Waals surface area contributed by atoms with E-state index in [9.17, 15) is 0 Å². The van der Waals surface area contributed by atoms with Crippen molar-refractivity contribution in [2.75, 3.05) is 11.9 Å². The van der Waals surface area contributed by atoms with Gasteiger partial charge in [0.1, 0.15) is 11.5 Å². The second-order valence-electron chi connectivity index (χ2n) is 4.50. The average molecular weight is 255 g/mol. The Kier molecular flexibility index (Phi) is 3.46. The molecule has 1 aromatic carbocycles. The van der Waals surface area contributed by atoms with E-state index in [1.165, 1.54) is 5.56 Å². The minimum Gasteiger partial charge on any atom is -0.382 e. The van der Waals surface area contributed by atoms with Crippen LogP contribution in [0.4, 0.5) is 11.6 Å². The van der Waals surface area contributed by atoms with Crippen molar-refractivity contribution in [3.05, 3.63) is 47.3 Å². The quantitative estimate of drug-likeness (QED) is 0.650. The monoisotopic (exact) mass is 255 g/mol. The summed E-state index contributed by atoms with van der Waals surface area (Å²) in [6, 6.07) is 9.79. The molecule has 2 aromatic rings. The molecule has 0 amide bonds. The number of aromatic nitrogens is 2. The molecule has 0 radical (unpaired) electrons. The molecule has 0 bridgehead atoms. The predicted molar refractivity (Wildman–Crippen MR) is 77.0 cm³/mol. The molecule has 0 aliphatic heterocycles. The van der Waals surface area contributed by atoms with E-state index in [1.54, 1.807) is 6.07 Å². The molecule has 98 valence electrons. The van der Waals surface area contributed by atoms with Gasteiger partial charge in [0.2, 0.25) is 5.95 Å². The van der Waals surface area contributed by atoms with E-state index in [0.29, 0.717) is 11.6 Å². The maximum atomic E-state index is 7.47. The molecule has 0 unspecified atom stereocenters. The molecule has 5 nitrogen and oxygen atoms in total. The van der Waals surface area contributed by atoms with E-state index in [4.69, 9.17) is 11.1 Å². The summed E-state index contributed by atoms with van der Waals surface area (Å²) < 4.78 is 0. The van der Waals surface area contributed by atoms with Gasteiger partial charge in [0.05, 0.1) is 0 Å². The van der Waals surface area contributed by atoms with Crippen LogP contribution in [0.1, 0.15) is 17.0 Å². The van der Waals surface area contributed by atoms with Gasteiger partial charge >= 0.3 is 0 Å². The van der Waals surface area contributed by atoms with Crippen molar-refractivity contribution >= 4 is 17.5 Å². The number of nitrogens with one attached hydrogen (secondary N) is 1. The fourth-order valence-electron chi connectivity index (χ4n) is 1.72. The lowest BCUT2D eigenvalue weighted by Crippen LogP contribution is -2.19. The Hall–Kier alpha value is -2.43. The molecule has 0 atom stereocenters. The lowest BCUT2D eigenvalue weighted by molar-refractivity contribution is 1.00. The van der Waals surface area contributed by atoms with Crippen molar-refractivity contribution in [3.8, 4) is 0 Å². The van der Waals surface area contributed by atoms with E-state index in [0.717, 1.165) is 11.4 Å². The third-order valence-corrected chi connectivity index (χ3v) is 2.84. The molecule has 0 fully saturated rings. The van der Waals surface area contributed by atoms with Crippen molar-refractivity contribution in [2.24, 2.45) is 5.73 Å². The number of amidine groups is 1. The topological polar surface area (TPSA) is 78.9 Å². The van der Waals surface area contributed by atoms with Gasteiger partial charge in [0.15, 0.2) is 0 Å². The van der Waals surface area contributed by atoms with Gasteiger partial charge in [-0.1, -0.05) is 17.7 Å². The zero-order valence-corrected chi connectivity index (χ0v) is 11.3. The first-order valence-corrected chi connectivity index (χ1v) is 5.98. The number of nitrogen functional groups attached to an aromatic ring is 1. The maximum Gasteiger partial charge on any atom is 0.230 e. The molecule has 1 heterocycles. The number of rotatable bonds is 3. The molecule has 0 spiro atoms. The average Bonchev–Trinajstić information content (AvgIpc) is 2.38. The fraction of sp³-hybridized carbons (Fsp3) is 0.214. The Balaban J connectivity index is 2.40. The van der Waals surface area contributed by atoms with Crippen molar-refractivity contribution < 1.29 is 0 Å². The normalized spacial score (nSPS) is 10.3. The zero-order valence-electron chi connectivity index (χ0n) is 11.3. The smallest absolute Gasteiger partial charge is 0.230 e. The van der Waals surface area contributed by atoms with E-state index >= 15 is 0 Å². The van der Waals surface area contributed by atoms with Crippen LogP contribution in [0, 0.1) is 19.3 Å². The van der Waals surface area contributed by atoms with Crippen LogP contribution in [0.2, 0.25) is 0 Å². The summed E-state index contributed by atoms with van der Waals surface area (Å²) in [5, 5.41) is 7.47. The van der Waals surface area contributed by atoms with Gasteiger partial charge in [-0.15, -0.1) is 0 Å². The van der Waals surface area contributed by atoms with Gasteiger partial charge in [0.25, 0.3) is 0 Å². The first-order chi connectivity index (χ1) is 8.97. The van der Waals surface area contributed by atoms with E-state index in [2.05, 4.69) is 9.97 Å². The number of hydrogen-bond acceptors (Lipinski definition) is 4. The minimum absolute atomic E-state index is 0.0518. The van der Waals surface area contributed by atoms with Crippen LogP contribution < -0.4 is 10.6 Å². The van der Waals surface area contributed by atoms with E-state index < -0.39 is 0 Å². The van der Waals surface area contributed by atoms with Crippen LogP contribution in [0.25, 0.3) is 0 Å². The van der Waals surface area contributed by atoms with Crippen LogP contribution in [0.3, 0.4) is 0 Å². The van der Waals surface area contributed by atoms with Crippen molar-refractivity contribution in [3.63, 3.8) is 0 Å². The largest absolute Gasteiger partial charge is 0.382 e. The molecule has 0 aliphatic rings. The van der Waals surface area contributed by atoms with E-state index in [1.807, 2.05) is 50.1 Å². The van der Waals surface area contributed by atoms with Gasteiger partial charge in [0, 0.05) is 18.4 Å². The molecule has 0 saturated heterocycles. The van der Waals surface area contributed by atoms with Crippen LogP contribution in [-0.2, 0) is 0 Å². The summed E-state index contributed by atoms with van der Waals surface area (Å²) in [5.74, 6) is 0.484. The SMILES string of the molecule is Cc1ccc(N(C)c2nc(C)cc(C(=N)N)n2)cc1. The highest BCUT2D eigenvalue weighted by molar-refractivity contribution is 5.93. The number of nitrogens with zero attached hydrogens (tertiary/aromatic N) is 3. The fourth-order valence-corrected chi connectivity index (χ4v) is 1.72. The second-order valence-corrected chi connectivity index (χ2v) is 4.50. The van der Waals surface area contributed by atoms with E-state index in [-0.39, 0.29) is 5.84 Å². The summed E-state index contributed by atoms with van der Waals surface area (Å²) in [4.78, 5) is 10.5. The highest BCUT2D eigenvalue weighted by Crippen LogP contribution is 2.20. The minimum atomic E-state index is -0.0518. The first-order valence-electron chi connectivity index (χ1n) is 5.98. The van der Waals surface area contributed by atoms with Gasteiger partial charge in [-0.2, -0.15) is 0 Å². The van der Waals surface area contributed by atoms with Crippen molar-refractivity contribution in [2.45, 2.75) is 13.8 Å². The lowest BCUT2D eigenvalue weighted by Gasteiger charge is -2.18. The Bertz CT molecular complexity index is 604. The highest BCUT2D eigenvalue weighted by Gasteiger charge is 2.10. The first kappa shape index (κ1) is 13.0. The second kappa shape index (κ2) is 5.06. The number of nitrogens with two attached hydrogens (primary N) is 1. The highest BCUT2D eigenvalue weighted by atomic mass is 15.2. The number of aryl methyl sites for hydroxylation is 2. The number of hydrogen-bond donors (Lipinski definition) is 2. The Morgan fingerprint density at radius 3 is 2.37 bits per heavy atom. The number of benzene rings is 1. The summed E-state index contributed by atoms with van der Waals surface area (Å²) in [6.07, 6.45) is 0. The van der Waals surface area contributed by atoms with Crippen molar-refractivity contribution in [1.82, 2.24) is 9.97 Å². The van der Waals surface area contributed by atoms with Gasteiger partial charge in [-0.3, -0.25) is 5.41 Å². The third kappa shape index (κ3) is 2.88. The summed E-state index contributed by atoms with van der Waals surface area (Å²) in [7, 11) is 1.89. The summed E-state index contributed by atoms with van der Waals surface area (Å²) >= 11 is 0. The summed E-state index contributed by atoms with van der Waals surface area (Å²) in [5.41, 5.74) is 8.91. The number of anilines is 2. The van der Waals surface area contributed by atoms with Crippen molar-refractivity contribution in [1.29, 1.82) is 5.41 Å². The molecule has 2 rings (SSSR count). The Labute approximate surface area is 112 Å². The third-order valence-electron chi connectivity index (χ3n) is 2.84. The van der Waals surface area contributed by atoms with Gasteiger partial charge in [-0.05, 0) is 32.0 Å². The molecule has 5 heteroatoms. The molecule has 0 aliphatic carbocycles. The zero-order chi connectivity index (χ0) is 14.0. The predicted octanol–water partition coefficient (Wildman–Crippen LogP) is 2.15. The molecule has 1 aromatic heterocycles. The molecule has 19 heavy (non-hydrogen) atoms. The van der Waals surface area contributed by atoms with Crippen LogP contribution >= 0.6 is 0 Å². The van der Waals surface area contributed by atoms with Crippen LogP contribution in [0.15, 0.2) is 30.3 Å². The summed E-state index contributed by atoms with van der Waals surface area (Å²) in [6.45, 7) is 3.90. The standard InChI is InChI=1S/C14H17N5/c1-9-4-6-11(7-5-9)19(3)14-17-10(2)8-12(18-14)13(15)16/h4-8H,1-3H3,(H3,15,16). The molecule has 3 N–H and O–H groups in total. The molecular weight excluding hydrogens is 238 g/mol. The van der Waals surface area contributed by atoms with Gasteiger partial charge in [-0.25, -0.2) is 9.97 Å². The Morgan fingerprint density at radius 1 is 1.16 bits per heavy atom. The van der Waals surface area contributed by atoms with Crippen LogP contribution in [-0.4, -0.2) is 22.9 Å². The molecule has 0 saturated carbocycles. The molecular formula is C14H17N5. The Morgan fingerprint density at radius 2 is 1.79 bits per heavy atom. The maximum absolute atomic E-state index is 7.47. The van der Waals surface area contributed by atoms with Gasteiger partial charge < -0.3 is 10.6 Å². The lowest BCUT2D eigenvalue weighted by atomic mass is 10.2. The van der Waals surface area contributed by atoms with Crippen LogP contribution in [0.5, 0.6) is 0 Å².